The molecule has 3 aromatic heterocycles. The zero-order valence-electron chi connectivity index (χ0n) is 14.6. The summed E-state index contributed by atoms with van der Waals surface area (Å²) in [6.45, 7) is 1.88. The van der Waals surface area contributed by atoms with Gasteiger partial charge in [0, 0.05) is 18.8 Å². The topological polar surface area (TPSA) is 93.4 Å². The molecule has 1 aliphatic carbocycles. The van der Waals surface area contributed by atoms with Crippen LogP contribution in [0.1, 0.15) is 36.5 Å². The molecule has 0 amide bonds. The highest BCUT2D eigenvalue weighted by Crippen LogP contribution is 2.29. The second-order valence-corrected chi connectivity index (χ2v) is 6.35. The van der Waals surface area contributed by atoms with Gasteiger partial charge in [-0.15, -0.1) is 0 Å². The van der Waals surface area contributed by atoms with Crippen LogP contribution in [0.2, 0.25) is 0 Å². The number of hydrogen-bond donors (Lipinski definition) is 2. The van der Waals surface area contributed by atoms with Crippen LogP contribution in [0.4, 0.5) is 22.0 Å². The van der Waals surface area contributed by atoms with Crippen molar-refractivity contribution in [2.75, 3.05) is 10.6 Å². The SMILES string of the molecule is CC(Nc1nc2c(c(Nc3cn(C)cn3)n1)CCC2)c1ncc(F)cn1. The predicted octanol–water partition coefficient (Wildman–Crippen LogP) is 2.54. The molecular formula is C17H19FN8. The van der Waals surface area contributed by atoms with Crippen molar-refractivity contribution in [3.8, 4) is 0 Å². The van der Waals surface area contributed by atoms with Gasteiger partial charge in [-0.05, 0) is 26.2 Å². The summed E-state index contributed by atoms with van der Waals surface area (Å²) in [5, 5.41) is 6.49. The molecule has 0 bridgehead atoms. The maximum absolute atomic E-state index is 13.0. The van der Waals surface area contributed by atoms with Crippen LogP contribution < -0.4 is 10.6 Å². The molecular weight excluding hydrogens is 335 g/mol. The smallest absolute Gasteiger partial charge is 0.225 e. The zero-order chi connectivity index (χ0) is 18.1. The van der Waals surface area contributed by atoms with Crippen molar-refractivity contribution in [2.45, 2.75) is 32.2 Å². The molecule has 3 aromatic rings. The van der Waals surface area contributed by atoms with Crippen molar-refractivity contribution in [3.05, 3.63) is 47.8 Å². The minimum atomic E-state index is -0.462. The normalized spacial score (nSPS) is 14.1. The van der Waals surface area contributed by atoms with E-state index in [-0.39, 0.29) is 6.04 Å². The van der Waals surface area contributed by atoms with E-state index in [9.17, 15) is 4.39 Å². The maximum atomic E-state index is 13.0. The number of fused-ring (bicyclic) bond motifs is 1. The summed E-state index contributed by atoms with van der Waals surface area (Å²) in [4.78, 5) is 21.6. The van der Waals surface area contributed by atoms with E-state index in [4.69, 9.17) is 0 Å². The number of anilines is 3. The molecule has 0 aliphatic heterocycles. The van der Waals surface area contributed by atoms with Crippen molar-refractivity contribution in [2.24, 2.45) is 7.05 Å². The molecule has 0 saturated heterocycles. The molecule has 0 spiro atoms. The van der Waals surface area contributed by atoms with Gasteiger partial charge < -0.3 is 15.2 Å². The van der Waals surface area contributed by atoms with Crippen molar-refractivity contribution in [1.29, 1.82) is 0 Å². The molecule has 8 nitrogen and oxygen atoms in total. The summed E-state index contributed by atoms with van der Waals surface area (Å²) in [5.74, 6) is 2.01. The molecule has 2 N–H and O–H groups in total. The van der Waals surface area contributed by atoms with Crippen molar-refractivity contribution < 1.29 is 4.39 Å². The first-order valence-corrected chi connectivity index (χ1v) is 8.47. The number of hydrogen-bond acceptors (Lipinski definition) is 7. The number of rotatable bonds is 5. The Hall–Kier alpha value is -3.10. The fourth-order valence-corrected chi connectivity index (χ4v) is 3.00. The van der Waals surface area contributed by atoms with Gasteiger partial charge >= 0.3 is 0 Å². The van der Waals surface area contributed by atoms with Gasteiger partial charge in [-0.25, -0.2) is 24.3 Å². The van der Waals surface area contributed by atoms with Crippen LogP contribution in [-0.4, -0.2) is 29.5 Å². The maximum Gasteiger partial charge on any atom is 0.225 e. The lowest BCUT2D eigenvalue weighted by molar-refractivity contribution is 0.604. The number of nitrogens with zero attached hydrogens (tertiary/aromatic N) is 6. The third-order valence-electron chi connectivity index (χ3n) is 4.26. The van der Waals surface area contributed by atoms with Crippen molar-refractivity contribution in [3.63, 3.8) is 0 Å². The van der Waals surface area contributed by atoms with Crippen LogP contribution in [0.15, 0.2) is 24.9 Å². The van der Waals surface area contributed by atoms with E-state index in [1.165, 1.54) is 0 Å². The molecule has 4 rings (SSSR count). The van der Waals surface area contributed by atoms with Gasteiger partial charge in [-0.2, -0.15) is 4.98 Å². The highest BCUT2D eigenvalue weighted by molar-refractivity contribution is 5.59. The third-order valence-corrected chi connectivity index (χ3v) is 4.26. The highest BCUT2D eigenvalue weighted by atomic mass is 19.1. The van der Waals surface area contributed by atoms with Gasteiger partial charge in [0.25, 0.3) is 0 Å². The van der Waals surface area contributed by atoms with Gasteiger partial charge in [-0.1, -0.05) is 0 Å². The average molecular weight is 354 g/mol. The zero-order valence-corrected chi connectivity index (χ0v) is 14.6. The molecule has 9 heteroatoms. The Labute approximate surface area is 150 Å². The monoisotopic (exact) mass is 354 g/mol. The van der Waals surface area contributed by atoms with Gasteiger partial charge in [0.15, 0.2) is 5.82 Å². The Morgan fingerprint density at radius 3 is 2.69 bits per heavy atom. The molecule has 1 unspecified atom stereocenters. The Balaban J connectivity index is 1.60. The summed E-state index contributed by atoms with van der Waals surface area (Å²) in [7, 11) is 1.92. The van der Waals surface area contributed by atoms with Gasteiger partial charge in [0.1, 0.15) is 17.5 Å². The summed E-state index contributed by atoms with van der Waals surface area (Å²) in [5.41, 5.74) is 2.17. The largest absolute Gasteiger partial charge is 0.344 e. The fraction of sp³-hybridized carbons (Fsp3) is 0.353. The minimum absolute atomic E-state index is 0.252. The van der Waals surface area contributed by atoms with Gasteiger partial charge in [0.05, 0.1) is 30.5 Å². The summed E-state index contributed by atoms with van der Waals surface area (Å²) in [6, 6.07) is -0.252. The van der Waals surface area contributed by atoms with Crippen LogP contribution in [0.3, 0.4) is 0 Å². The first kappa shape index (κ1) is 16.4. The van der Waals surface area contributed by atoms with Crippen LogP contribution in [-0.2, 0) is 19.9 Å². The average Bonchev–Trinajstić information content (AvgIpc) is 3.24. The molecule has 1 aliphatic rings. The first-order valence-electron chi connectivity index (χ1n) is 8.47. The molecule has 0 fully saturated rings. The van der Waals surface area contributed by atoms with E-state index in [0.717, 1.165) is 54.5 Å². The van der Waals surface area contributed by atoms with E-state index >= 15 is 0 Å². The quantitative estimate of drug-likeness (QED) is 0.727. The molecule has 0 saturated carbocycles. The van der Waals surface area contributed by atoms with E-state index in [2.05, 4.69) is 35.6 Å². The Morgan fingerprint density at radius 1 is 1.15 bits per heavy atom. The second kappa shape index (κ2) is 6.66. The first-order chi connectivity index (χ1) is 12.6. The standard InChI is InChI=1S/C17H19FN8/c1-10(15-19-6-11(18)7-20-15)22-17-23-13-5-3-4-12(13)16(25-17)24-14-8-26(2)9-21-14/h6-10H,3-5H2,1-2H3,(H2,22,23,24,25). The lowest BCUT2D eigenvalue weighted by atomic mass is 10.2. The molecule has 0 aromatic carbocycles. The van der Waals surface area contributed by atoms with Crippen LogP contribution in [0.25, 0.3) is 0 Å². The van der Waals surface area contributed by atoms with Crippen LogP contribution >= 0.6 is 0 Å². The Bertz CT molecular complexity index is 921. The van der Waals surface area contributed by atoms with Gasteiger partial charge in [0.2, 0.25) is 5.95 Å². The number of nitrogens with one attached hydrogen (secondary N) is 2. The van der Waals surface area contributed by atoms with Gasteiger partial charge in [-0.3, -0.25) is 0 Å². The molecule has 1 atom stereocenters. The highest BCUT2D eigenvalue weighted by Gasteiger charge is 2.21. The van der Waals surface area contributed by atoms with E-state index < -0.39 is 5.82 Å². The van der Waals surface area contributed by atoms with Crippen LogP contribution in [0.5, 0.6) is 0 Å². The number of aromatic nitrogens is 6. The van der Waals surface area contributed by atoms with Crippen LogP contribution in [0, 0.1) is 5.82 Å². The third kappa shape index (κ3) is 3.32. The molecule has 26 heavy (non-hydrogen) atoms. The second-order valence-electron chi connectivity index (χ2n) is 6.35. The number of halogens is 1. The lowest BCUT2D eigenvalue weighted by Gasteiger charge is -2.15. The molecule has 134 valence electrons. The molecule has 3 heterocycles. The summed E-state index contributed by atoms with van der Waals surface area (Å²) >= 11 is 0. The summed E-state index contributed by atoms with van der Waals surface area (Å²) in [6.07, 6.45) is 8.85. The van der Waals surface area contributed by atoms with Crippen molar-refractivity contribution >= 4 is 17.6 Å². The van der Waals surface area contributed by atoms with E-state index in [1.54, 1.807) is 6.33 Å². The fourth-order valence-electron chi connectivity index (χ4n) is 3.00. The number of imidazole rings is 1. The van der Waals surface area contributed by atoms with E-state index in [0.29, 0.717) is 11.8 Å². The lowest BCUT2D eigenvalue weighted by Crippen LogP contribution is -2.14. The summed E-state index contributed by atoms with van der Waals surface area (Å²) < 4.78 is 14.9. The predicted molar refractivity (Wildman–Crippen MR) is 94.6 cm³/mol. The Kier molecular flexibility index (Phi) is 4.19. The Morgan fingerprint density at radius 2 is 1.96 bits per heavy atom. The number of aryl methyl sites for hydroxylation is 2. The molecule has 0 radical (unpaired) electrons. The minimum Gasteiger partial charge on any atom is -0.344 e. The van der Waals surface area contributed by atoms with E-state index in [1.807, 2.05) is 24.7 Å². The van der Waals surface area contributed by atoms with Crippen molar-refractivity contribution in [1.82, 2.24) is 29.5 Å².